The van der Waals surface area contributed by atoms with Crippen molar-refractivity contribution in [1.82, 2.24) is 10.2 Å². The van der Waals surface area contributed by atoms with Crippen LogP contribution in [0.2, 0.25) is 0 Å². The third kappa shape index (κ3) is 3.53. The van der Waals surface area contributed by atoms with Crippen LogP contribution in [0.3, 0.4) is 0 Å². The SMILES string of the molecule is CCN(CC(=O)NC)C(=O)c1ccc(F)c(Br)c1. The van der Waals surface area contributed by atoms with Gasteiger partial charge in [-0.15, -0.1) is 0 Å². The largest absolute Gasteiger partial charge is 0.358 e. The maximum absolute atomic E-state index is 13.1. The minimum Gasteiger partial charge on any atom is -0.358 e. The van der Waals surface area contributed by atoms with Gasteiger partial charge in [0.05, 0.1) is 11.0 Å². The number of nitrogens with one attached hydrogen (secondary N) is 1. The Kier molecular flexibility index (Phi) is 5.27. The van der Waals surface area contributed by atoms with Crippen LogP contribution in [0, 0.1) is 5.82 Å². The van der Waals surface area contributed by atoms with E-state index in [4.69, 9.17) is 0 Å². The first-order chi connectivity index (χ1) is 8.49. The Morgan fingerprint density at radius 1 is 1.44 bits per heavy atom. The van der Waals surface area contributed by atoms with E-state index in [9.17, 15) is 14.0 Å². The maximum atomic E-state index is 13.1. The summed E-state index contributed by atoms with van der Waals surface area (Å²) in [5.41, 5.74) is 0.342. The van der Waals surface area contributed by atoms with Crippen molar-refractivity contribution in [2.24, 2.45) is 0 Å². The first-order valence-electron chi connectivity index (χ1n) is 5.44. The second kappa shape index (κ2) is 6.49. The summed E-state index contributed by atoms with van der Waals surface area (Å²) in [4.78, 5) is 24.7. The molecule has 1 aromatic rings. The van der Waals surface area contributed by atoms with E-state index in [2.05, 4.69) is 21.2 Å². The number of rotatable bonds is 4. The molecular formula is C12H14BrFN2O2. The van der Waals surface area contributed by atoms with Crippen LogP contribution < -0.4 is 5.32 Å². The van der Waals surface area contributed by atoms with E-state index >= 15 is 0 Å². The summed E-state index contributed by atoms with van der Waals surface area (Å²) in [5.74, 6) is -0.978. The first kappa shape index (κ1) is 14.6. The lowest BCUT2D eigenvalue weighted by molar-refractivity contribution is -0.121. The summed E-state index contributed by atoms with van der Waals surface area (Å²) < 4.78 is 13.3. The summed E-state index contributed by atoms with van der Waals surface area (Å²) in [6, 6.07) is 4.02. The van der Waals surface area contributed by atoms with Crippen molar-refractivity contribution < 1.29 is 14.0 Å². The molecule has 1 N–H and O–H groups in total. The Labute approximate surface area is 113 Å². The lowest BCUT2D eigenvalue weighted by Gasteiger charge is -2.20. The van der Waals surface area contributed by atoms with Crippen molar-refractivity contribution in [3.05, 3.63) is 34.1 Å². The number of hydrogen-bond donors (Lipinski definition) is 1. The molecule has 0 spiro atoms. The van der Waals surface area contributed by atoms with E-state index in [1.54, 1.807) is 6.92 Å². The van der Waals surface area contributed by atoms with E-state index in [0.717, 1.165) is 0 Å². The van der Waals surface area contributed by atoms with Crippen molar-refractivity contribution in [3.8, 4) is 0 Å². The van der Waals surface area contributed by atoms with Crippen molar-refractivity contribution in [2.45, 2.75) is 6.92 Å². The van der Waals surface area contributed by atoms with E-state index < -0.39 is 5.82 Å². The molecule has 0 saturated carbocycles. The molecule has 6 heteroatoms. The predicted molar refractivity (Wildman–Crippen MR) is 69.7 cm³/mol. The highest BCUT2D eigenvalue weighted by Crippen LogP contribution is 2.17. The number of hydrogen-bond acceptors (Lipinski definition) is 2. The molecular weight excluding hydrogens is 303 g/mol. The highest BCUT2D eigenvalue weighted by molar-refractivity contribution is 9.10. The zero-order chi connectivity index (χ0) is 13.7. The van der Waals surface area contributed by atoms with Crippen molar-refractivity contribution in [2.75, 3.05) is 20.1 Å². The van der Waals surface area contributed by atoms with Crippen LogP contribution >= 0.6 is 15.9 Å². The summed E-state index contributed by atoms with van der Waals surface area (Å²) >= 11 is 3.02. The van der Waals surface area contributed by atoms with Crippen molar-refractivity contribution in [1.29, 1.82) is 0 Å². The number of benzene rings is 1. The monoisotopic (exact) mass is 316 g/mol. The number of carbonyl (C=O) groups excluding carboxylic acids is 2. The molecule has 1 aromatic carbocycles. The fourth-order valence-electron chi connectivity index (χ4n) is 1.39. The van der Waals surface area contributed by atoms with Crippen LogP contribution in [-0.2, 0) is 4.79 Å². The Balaban J connectivity index is 2.89. The summed E-state index contributed by atoms with van der Waals surface area (Å²) in [7, 11) is 1.51. The van der Waals surface area contributed by atoms with Gasteiger partial charge in [0.25, 0.3) is 5.91 Å². The second-order valence-electron chi connectivity index (χ2n) is 3.62. The average Bonchev–Trinajstić information content (AvgIpc) is 2.38. The van der Waals surface area contributed by atoms with Crippen LogP contribution in [0.4, 0.5) is 4.39 Å². The molecule has 0 fully saturated rings. The number of halogens is 2. The quantitative estimate of drug-likeness (QED) is 0.920. The topological polar surface area (TPSA) is 49.4 Å². The Morgan fingerprint density at radius 2 is 2.11 bits per heavy atom. The lowest BCUT2D eigenvalue weighted by Crippen LogP contribution is -2.39. The third-order valence-corrected chi connectivity index (χ3v) is 3.06. The van der Waals surface area contributed by atoms with Gasteiger partial charge in [0, 0.05) is 19.2 Å². The van der Waals surface area contributed by atoms with E-state index in [1.807, 2.05) is 0 Å². The predicted octanol–water partition coefficient (Wildman–Crippen LogP) is 1.80. The molecule has 0 aliphatic heterocycles. The number of carbonyl (C=O) groups is 2. The molecule has 2 amide bonds. The van der Waals surface area contributed by atoms with Gasteiger partial charge in [-0.05, 0) is 41.1 Å². The van der Waals surface area contributed by atoms with Gasteiger partial charge < -0.3 is 10.2 Å². The molecule has 0 aliphatic rings. The van der Waals surface area contributed by atoms with E-state index in [-0.39, 0.29) is 22.8 Å². The first-order valence-corrected chi connectivity index (χ1v) is 6.23. The number of likely N-dealkylation sites (N-methyl/N-ethyl adjacent to an activating group) is 2. The van der Waals surface area contributed by atoms with Crippen LogP contribution in [0.1, 0.15) is 17.3 Å². The van der Waals surface area contributed by atoms with Gasteiger partial charge in [-0.3, -0.25) is 9.59 Å². The van der Waals surface area contributed by atoms with E-state index in [1.165, 1.54) is 30.1 Å². The van der Waals surface area contributed by atoms with Crippen LogP contribution in [0.15, 0.2) is 22.7 Å². The van der Waals surface area contributed by atoms with Crippen LogP contribution in [0.5, 0.6) is 0 Å². The normalized spacial score (nSPS) is 10.0. The Bertz CT molecular complexity index is 465. The molecule has 18 heavy (non-hydrogen) atoms. The van der Waals surface area contributed by atoms with Gasteiger partial charge in [-0.2, -0.15) is 0 Å². The summed E-state index contributed by atoms with van der Waals surface area (Å²) in [6.07, 6.45) is 0. The van der Waals surface area contributed by atoms with Crippen LogP contribution in [0.25, 0.3) is 0 Å². The molecule has 0 saturated heterocycles. The van der Waals surface area contributed by atoms with Gasteiger partial charge in [0.2, 0.25) is 5.91 Å². The van der Waals surface area contributed by atoms with Gasteiger partial charge in [-0.1, -0.05) is 0 Å². The van der Waals surface area contributed by atoms with Crippen molar-refractivity contribution in [3.63, 3.8) is 0 Å². The minimum absolute atomic E-state index is 0.0131. The molecule has 0 atom stereocenters. The molecule has 0 heterocycles. The minimum atomic E-state index is -0.430. The lowest BCUT2D eigenvalue weighted by atomic mass is 10.2. The molecule has 0 radical (unpaired) electrons. The molecule has 1 rings (SSSR count). The zero-order valence-corrected chi connectivity index (χ0v) is 11.8. The van der Waals surface area contributed by atoms with Gasteiger partial charge in [-0.25, -0.2) is 4.39 Å². The molecule has 0 aromatic heterocycles. The smallest absolute Gasteiger partial charge is 0.254 e. The fraction of sp³-hybridized carbons (Fsp3) is 0.333. The highest BCUT2D eigenvalue weighted by Gasteiger charge is 2.17. The highest BCUT2D eigenvalue weighted by atomic mass is 79.9. The zero-order valence-electron chi connectivity index (χ0n) is 10.2. The number of amides is 2. The van der Waals surface area contributed by atoms with E-state index in [0.29, 0.717) is 12.1 Å². The molecule has 98 valence electrons. The standard InChI is InChI=1S/C12H14BrFN2O2/c1-3-16(7-11(17)15-2)12(18)8-4-5-10(14)9(13)6-8/h4-6H,3,7H2,1-2H3,(H,15,17). The second-order valence-corrected chi connectivity index (χ2v) is 4.48. The van der Waals surface area contributed by atoms with Crippen LogP contribution in [-0.4, -0.2) is 36.9 Å². The molecule has 0 aliphatic carbocycles. The Morgan fingerprint density at radius 3 is 2.61 bits per heavy atom. The molecule has 0 unspecified atom stereocenters. The Hall–Kier alpha value is -1.43. The number of nitrogens with zero attached hydrogens (tertiary/aromatic N) is 1. The van der Waals surface area contributed by atoms with Crippen molar-refractivity contribution >= 4 is 27.7 Å². The fourth-order valence-corrected chi connectivity index (χ4v) is 1.77. The molecule has 0 bridgehead atoms. The maximum Gasteiger partial charge on any atom is 0.254 e. The average molecular weight is 317 g/mol. The van der Waals surface area contributed by atoms with Gasteiger partial charge in [0.1, 0.15) is 5.82 Å². The summed E-state index contributed by atoms with van der Waals surface area (Å²) in [6.45, 7) is 2.17. The van der Waals surface area contributed by atoms with Gasteiger partial charge in [0.15, 0.2) is 0 Å². The molecule has 4 nitrogen and oxygen atoms in total. The van der Waals surface area contributed by atoms with Gasteiger partial charge >= 0.3 is 0 Å². The summed E-state index contributed by atoms with van der Waals surface area (Å²) in [5, 5.41) is 2.45. The third-order valence-electron chi connectivity index (χ3n) is 2.45.